The van der Waals surface area contributed by atoms with Crippen molar-refractivity contribution in [1.29, 1.82) is 0 Å². The second-order valence-electron chi connectivity index (χ2n) is 2.10. The zero-order chi connectivity index (χ0) is 9.14. The van der Waals surface area contributed by atoms with Crippen LogP contribution < -0.4 is 0 Å². The normalized spacial score (nSPS) is 20.7. The Morgan fingerprint density at radius 1 is 1.83 bits per heavy atom. The van der Waals surface area contributed by atoms with E-state index in [0.29, 0.717) is 0 Å². The Hall–Kier alpha value is -1.79. The van der Waals surface area contributed by atoms with Crippen LogP contribution in [0.25, 0.3) is 0 Å². The van der Waals surface area contributed by atoms with Gasteiger partial charge in [0.15, 0.2) is 0 Å². The molecule has 0 aromatic rings. The van der Waals surface area contributed by atoms with E-state index in [9.17, 15) is 14.9 Å². The quantitative estimate of drug-likeness (QED) is 0.458. The molecule has 1 rings (SSSR count). The van der Waals surface area contributed by atoms with Crippen molar-refractivity contribution < 1.29 is 14.8 Å². The third-order valence-corrected chi connectivity index (χ3v) is 1.16. The molecule has 7 nitrogen and oxygen atoms in total. The highest BCUT2D eigenvalue weighted by Crippen LogP contribution is 2.03. The Balaban J connectivity index is 2.61. The lowest BCUT2D eigenvalue weighted by Gasteiger charge is -1.91. The lowest BCUT2D eigenvalue weighted by Crippen LogP contribution is -2.12. The van der Waals surface area contributed by atoms with Gasteiger partial charge < -0.3 is 5.11 Å². The van der Waals surface area contributed by atoms with Crippen molar-refractivity contribution >= 4 is 17.9 Å². The number of carboxylic acid groups (broad SMARTS) is 1. The van der Waals surface area contributed by atoms with Gasteiger partial charge in [-0.3, -0.25) is 14.9 Å². The molecule has 64 valence electrons. The molecule has 1 atom stereocenters. The molecule has 0 aliphatic carbocycles. The number of aliphatic imine (C=N–C) groups is 2. The lowest BCUT2D eigenvalue weighted by atomic mass is 10.3. The van der Waals surface area contributed by atoms with Gasteiger partial charge in [0.2, 0.25) is 0 Å². The van der Waals surface area contributed by atoms with Crippen molar-refractivity contribution in [3.8, 4) is 0 Å². The molecule has 0 bridgehead atoms. The maximum Gasteiger partial charge on any atom is 0.402 e. The fourth-order valence-corrected chi connectivity index (χ4v) is 0.715. The van der Waals surface area contributed by atoms with Gasteiger partial charge >= 0.3 is 12.3 Å². The highest BCUT2D eigenvalue weighted by Gasteiger charge is 2.22. The number of hydrogen-bond donors (Lipinski definition) is 1. The maximum absolute atomic E-state index is 10.1. The van der Waals surface area contributed by atoms with Crippen LogP contribution in [0.2, 0.25) is 0 Å². The number of rotatable bonds is 3. The molecule has 0 saturated heterocycles. The average Bonchev–Trinajstić information content (AvgIpc) is 2.34. The van der Waals surface area contributed by atoms with Gasteiger partial charge in [-0.05, 0) is 0 Å². The highest BCUT2D eigenvalue weighted by molar-refractivity contribution is 6.35. The van der Waals surface area contributed by atoms with Gasteiger partial charge in [-0.25, -0.2) is 0 Å². The summed E-state index contributed by atoms with van der Waals surface area (Å²) in [7, 11) is 0. The summed E-state index contributed by atoms with van der Waals surface area (Å²) >= 11 is 0. The maximum atomic E-state index is 10.1. The van der Waals surface area contributed by atoms with Gasteiger partial charge in [0.1, 0.15) is 0 Å². The number of nitrogens with zero attached hydrogens (tertiary/aromatic N) is 3. The summed E-state index contributed by atoms with van der Waals surface area (Å²) in [6, 6.07) is 0. The summed E-state index contributed by atoms with van der Waals surface area (Å²) in [6.07, 6.45) is -0.561. The third-order valence-electron chi connectivity index (χ3n) is 1.16. The van der Waals surface area contributed by atoms with Crippen molar-refractivity contribution in [1.82, 2.24) is 0 Å². The Kier molecular flexibility index (Phi) is 2.13. The number of hydrogen-bond acceptors (Lipinski definition) is 5. The predicted molar refractivity (Wildman–Crippen MR) is 39.0 cm³/mol. The topological polar surface area (TPSA) is 105 Å². The van der Waals surface area contributed by atoms with Crippen molar-refractivity contribution in [3.63, 3.8) is 0 Å². The molecule has 0 spiro atoms. The van der Waals surface area contributed by atoms with E-state index in [0.717, 1.165) is 6.21 Å². The number of carbonyl (C=O) groups is 1. The van der Waals surface area contributed by atoms with Crippen LogP contribution in [0, 0.1) is 10.1 Å². The monoisotopic (exact) mass is 171 g/mol. The van der Waals surface area contributed by atoms with Crippen LogP contribution in [-0.4, -0.2) is 34.2 Å². The summed E-state index contributed by atoms with van der Waals surface area (Å²) in [6.45, 7) is 0. The fraction of sp³-hybridized carbons (Fsp3) is 0.400. The van der Waals surface area contributed by atoms with E-state index in [2.05, 4.69) is 9.98 Å². The van der Waals surface area contributed by atoms with Crippen LogP contribution in [0.3, 0.4) is 0 Å². The molecule has 1 unspecified atom stereocenters. The first-order valence-electron chi connectivity index (χ1n) is 3.05. The number of carboxylic acids is 1. The zero-order valence-corrected chi connectivity index (χ0v) is 5.88. The highest BCUT2D eigenvalue weighted by atomic mass is 16.6. The SMILES string of the molecule is O=C(O)CC1=NC([N+](=O)[O-])N=C1. The van der Waals surface area contributed by atoms with Gasteiger partial charge in [-0.2, -0.15) is 9.98 Å². The Labute approximate surface area is 66.6 Å². The van der Waals surface area contributed by atoms with Crippen LogP contribution in [0.15, 0.2) is 9.98 Å². The molecule has 1 heterocycles. The zero-order valence-electron chi connectivity index (χ0n) is 5.88. The molecule has 0 aromatic carbocycles. The van der Waals surface area contributed by atoms with Gasteiger partial charge in [0.25, 0.3) is 0 Å². The van der Waals surface area contributed by atoms with Crippen LogP contribution in [0.1, 0.15) is 6.42 Å². The molecular formula is C5H5N3O4. The summed E-state index contributed by atoms with van der Waals surface area (Å²) in [5.41, 5.74) is 0.129. The van der Waals surface area contributed by atoms with Gasteiger partial charge in [-0.15, -0.1) is 0 Å². The molecule has 0 saturated carbocycles. The van der Waals surface area contributed by atoms with Crippen LogP contribution in [0.4, 0.5) is 0 Å². The van der Waals surface area contributed by atoms with Crippen molar-refractivity contribution in [2.45, 2.75) is 12.7 Å². The van der Waals surface area contributed by atoms with Crippen molar-refractivity contribution in [3.05, 3.63) is 10.1 Å². The first-order valence-corrected chi connectivity index (χ1v) is 3.05. The molecule has 1 aliphatic rings. The Morgan fingerprint density at radius 3 is 2.92 bits per heavy atom. The average molecular weight is 171 g/mol. The largest absolute Gasteiger partial charge is 0.481 e. The van der Waals surface area contributed by atoms with E-state index >= 15 is 0 Å². The van der Waals surface area contributed by atoms with E-state index in [-0.39, 0.29) is 12.1 Å². The molecule has 0 fully saturated rings. The van der Waals surface area contributed by atoms with Crippen LogP contribution in [-0.2, 0) is 4.79 Å². The van der Waals surface area contributed by atoms with Gasteiger partial charge in [0.05, 0.1) is 23.3 Å². The van der Waals surface area contributed by atoms with Gasteiger partial charge in [-0.1, -0.05) is 0 Å². The Bertz CT molecular complexity index is 282. The van der Waals surface area contributed by atoms with Crippen LogP contribution in [0.5, 0.6) is 0 Å². The summed E-state index contributed by atoms with van der Waals surface area (Å²) in [5, 5.41) is 18.4. The minimum atomic E-state index is -1.35. The van der Waals surface area contributed by atoms with Crippen molar-refractivity contribution in [2.75, 3.05) is 0 Å². The third kappa shape index (κ3) is 1.84. The molecule has 12 heavy (non-hydrogen) atoms. The Morgan fingerprint density at radius 2 is 2.50 bits per heavy atom. The molecule has 0 aromatic heterocycles. The minimum Gasteiger partial charge on any atom is -0.481 e. The number of aliphatic carboxylic acids is 1. The second-order valence-corrected chi connectivity index (χ2v) is 2.10. The van der Waals surface area contributed by atoms with E-state index in [4.69, 9.17) is 5.11 Å². The molecule has 7 heteroatoms. The fourth-order valence-electron chi connectivity index (χ4n) is 0.715. The standard InChI is InChI=1S/C5H5N3O4/c9-4(10)1-3-2-6-5(7-3)8(11)12/h2,5H,1H2,(H,9,10). The first kappa shape index (κ1) is 8.31. The molecule has 0 amide bonds. The summed E-state index contributed by atoms with van der Waals surface area (Å²) in [5.74, 6) is -1.08. The van der Waals surface area contributed by atoms with Gasteiger partial charge in [0, 0.05) is 0 Å². The molecule has 1 N–H and O–H groups in total. The molecule has 0 radical (unpaired) electrons. The summed E-state index contributed by atoms with van der Waals surface area (Å²) < 4.78 is 0. The van der Waals surface area contributed by atoms with E-state index in [1.807, 2.05) is 0 Å². The second kappa shape index (κ2) is 3.07. The summed E-state index contributed by atoms with van der Waals surface area (Å²) in [4.78, 5) is 26.3. The van der Waals surface area contributed by atoms with Crippen molar-refractivity contribution in [2.24, 2.45) is 9.98 Å². The molecule has 1 aliphatic heterocycles. The van der Waals surface area contributed by atoms with Crippen LogP contribution >= 0.6 is 0 Å². The minimum absolute atomic E-state index is 0.129. The smallest absolute Gasteiger partial charge is 0.402 e. The lowest BCUT2D eigenvalue weighted by molar-refractivity contribution is -0.517. The molecular weight excluding hydrogens is 166 g/mol. The van der Waals surface area contributed by atoms with E-state index in [1.54, 1.807) is 0 Å². The first-order chi connectivity index (χ1) is 5.59. The van der Waals surface area contributed by atoms with E-state index in [1.165, 1.54) is 0 Å². The number of nitro groups is 1. The predicted octanol–water partition coefficient (Wildman–Crippen LogP) is -0.453. The van der Waals surface area contributed by atoms with E-state index < -0.39 is 17.2 Å².